The SMILES string of the molecule is CC1CCCN(C(=O)C(C)n2cc(-c3ccccc3)cn2)C1. The summed E-state index contributed by atoms with van der Waals surface area (Å²) in [5, 5.41) is 4.40. The standard InChI is InChI=1S/C18H23N3O/c1-14-7-6-10-20(12-14)18(22)15(2)21-13-17(11-19-21)16-8-4-3-5-9-16/h3-5,8-9,11,13-15H,6-7,10,12H2,1-2H3. The second-order valence-corrected chi connectivity index (χ2v) is 6.28. The third kappa shape index (κ3) is 3.06. The van der Waals surface area contributed by atoms with Gasteiger partial charge in [0.15, 0.2) is 0 Å². The highest BCUT2D eigenvalue weighted by molar-refractivity contribution is 5.80. The number of carbonyl (C=O) groups is 1. The van der Waals surface area contributed by atoms with Crippen LogP contribution in [-0.4, -0.2) is 33.7 Å². The fourth-order valence-electron chi connectivity index (χ4n) is 3.10. The number of likely N-dealkylation sites (tertiary alicyclic amines) is 1. The molecule has 2 atom stereocenters. The number of hydrogen-bond acceptors (Lipinski definition) is 2. The molecule has 1 aliphatic heterocycles. The Morgan fingerprint density at radius 1 is 1.27 bits per heavy atom. The molecule has 1 fully saturated rings. The van der Waals surface area contributed by atoms with E-state index >= 15 is 0 Å². The number of piperidine rings is 1. The second kappa shape index (κ2) is 6.34. The van der Waals surface area contributed by atoms with Crippen LogP contribution >= 0.6 is 0 Å². The predicted molar refractivity (Wildman–Crippen MR) is 87.4 cm³/mol. The lowest BCUT2D eigenvalue weighted by Crippen LogP contribution is -2.42. The molecule has 116 valence electrons. The lowest BCUT2D eigenvalue weighted by Gasteiger charge is -2.32. The number of carbonyl (C=O) groups excluding carboxylic acids is 1. The van der Waals surface area contributed by atoms with E-state index < -0.39 is 0 Å². The van der Waals surface area contributed by atoms with E-state index in [-0.39, 0.29) is 11.9 Å². The van der Waals surface area contributed by atoms with Crippen LogP contribution in [0, 0.1) is 5.92 Å². The molecule has 1 aliphatic rings. The van der Waals surface area contributed by atoms with Gasteiger partial charge in [-0.15, -0.1) is 0 Å². The van der Waals surface area contributed by atoms with Gasteiger partial charge >= 0.3 is 0 Å². The quantitative estimate of drug-likeness (QED) is 0.871. The Bertz CT molecular complexity index is 635. The zero-order chi connectivity index (χ0) is 15.5. The summed E-state index contributed by atoms with van der Waals surface area (Å²) in [6.07, 6.45) is 6.12. The summed E-state index contributed by atoms with van der Waals surface area (Å²) in [6.45, 7) is 5.89. The summed E-state index contributed by atoms with van der Waals surface area (Å²) in [7, 11) is 0. The summed E-state index contributed by atoms with van der Waals surface area (Å²) in [6, 6.07) is 9.88. The Hall–Kier alpha value is -2.10. The van der Waals surface area contributed by atoms with E-state index in [0.29, 0.717) is 5.92 Å². The summed E-state index contributed by atoms with van der Waals surface area (Å²) in [5.74, 6) is 0.775. The summed E-state index contributed by atoms with van der Waals surface area (Å²) < 4.78 is 1.78. The van der Waals surface area contributed by atoms with Crippen LogP contribution in [0.1, 0.15) is 32.7 Å². The summed E-state index contributed by atoms with van der Waals surface area (Å²) in [4.78, 5) is 14.6. The van der Waals surface area contributed by atoms with Crippen molar-refractivity contribution in [3.8, 4) is 11.1 Å². The highest BCUT2D eigenvalue weighted by Gasteiger charge is 2.26. The molecule has 0 bridgehead atoms. The van der Waals surface area contributed by atoms with Crippen molar-refractivity contribution in [1.82, 2.24) is 14.7 Å². The van der Waals surface area contributed by atoms with Gasteiger partial charge in [-0.25, -0.2) is 0 Å². The van der Waals surface area contributed by atoms with Crippen molar-refractivity contribution in [2.75, 3.05) is 13.1 Å². The van der Waals surface area contributed by atoms with Crippen LogP contribution in [-0.2, 0) is 4.79 Å². The molecule has 0 saturated carbocycles. The molecule has 3 rings (SSSR count). The van der Waals surface area contributed by atoms with Gasteiger partial charge in [0.05, 0.1) is 6.20 Å². The monoisotopic (exact) mass is 297 g/mol. The molecule has 1 aromatic carbocycles. The van der Waals surface area contributed by atoms with E-state index in [1.165, 1.54) is 6.42 Å². The van der Waals surface area contributed by atoms with E-state index in [2.05, 4.69) is 24.2 Å². The van der Waals surface area contributed by atoms with Gasteiger partial charge in [-0.2, -0.15) is 5.10 Å². The van der Waals surface area contributed by atoms with Crippen LogP contribution in [0.25, 0.3) is 11.1 Å². The van der Waals surface area contributed by atoms with Crippen molar-refractivity contribution in [3.63, 3.8) is 0 Å². The molecule has 2 aromatic rings. The lowest BCUT2D eigenvalue weighted by molar-refractivity contribution is -0.136. The van der Waals surface area contributed by atoms with E-state index in [1.54, 1.807) is 4.68 Å². The second-order valence-electron chi connectivity index (χ2n) is 6.28. The first-order valence-electron chi connectivity index (χ1n) is 8.03. The van der Waals surface area contributed by atoms with Crippen molar-refractivity contribution in [3.05, 3.63) is 42.7 Å². The molecule has 1 aromatic heterocycles. The number of benzene rings is 1. The van der Waals surface area contributed by atoms with Crippen molar-refractivity contribution in [2.24, 2.45) is 5.92 Å². The first-order chi connectivity index (χ1) is 10.6. The van der Waals surface area contributed by atoms with Crippen LogP contribution in [0.2, 0.25) is 0 Å². The third-order valence-corrected chi connectivity index (χ3v) is 4.43. The number of rotatable bonds is 3. The molecule has 4 nitrogen and oxygen atoms in total. The van der Waals surface area contributed by atoms with Crippen molar-refractivity contribution >= 4 is 5.91 Å². The normalized spacial score (nSPS) is 19.9. The highest BCUT2D eigenvalue weighted by atomic mass is 16.2. The number of amides is 1. The number of nitrogens with zero attached hydrogens (tertiary/aromatic N) is 3. The van der Waals surface area contributed by atoms with Gasteiger partial charge in [0.2, 0.25) is 5.91 Å². The molecule has 2 heterocycles. The number of aromatic nitrogens is 2. The molecule has 0 N–H and O–H groups in total. The van der Waals surface area contributed by atoms with Crippen LogP contribution in [0.15, 0.2) is 42.7 Å². The van der Waals surface area contributed by atoms with Crippen molar-refractivity contribution < 1.29 is 4.79 Å². The maximum atomic E-state index is 12.7. The lowest BCUT2D eigenvalue weighted by atomic mass is 10.00. The molecule has 22 heavy (non-hydrogen) atoms. The molecular formula is C18H23N3O. The van der Waals surface area contributed by atoms with Crippen LogP contribution in [0.5, 0.6) is 0 Å². The highest BCUT2D eigenvalue weighted by Crippen LogP contribution is 2.22. The summed E-state index contributed by atoms with van der Waals surface area (Å²) >= 11 is 0. The van der Waals surface area contributed by atoms with Crippen molar-refractivity contribution in [1.29, 1.82) is 0 Å². The zero-order valence-electron chi connectivity index (χ0n) is 13.3. The third-order valence-electron chi connectivity index (χ3n) is 4.43. The van der Waals surface area contributed by atoms with E-state index in [1.807, 2.05) is 42.4 Å². The molecule has 2 unspecified atom stereocenters. The molecule has 4 heteroatoms. The van der Waals surface area contributed by atoms with Gasteiger partial charge in [0.25, 0.3) is 0 Å². The Labute approximate surface area is 131 Å². The maximum Gasteiger partial charge on any atom is 0.247 e. The van der Waals surface area contributed by atoms with E-state index in [0.717, 1.165) is 30.6 Å². The largest absolute Gasteiger partial charge is 0.341 e. The minimum atomic E-state index is -0.247. The first kappa shape index (κ1) is 14.8. The van der Waals surface area contributed by atoms with E-state index in [9.17, 15) is 4.79 Å². The Kier molecular flexibility index (Phi) is 4.27. The minimum absolute atomic E-state index is 0.175. The van der Waals surface area contributed by atoms with Crippen LogP contribution in [0.4, 0.5) is 0 Å². The minimum Gasteiger partial charge on any atom is -0.341 e. The van der Waals surface area contributed by atoms with Gasteiger partial charge in [-0.1, -0.05) is 37.3 Å². The average Bonchev–Trinajstić information content (AvgIpc) is 3.04. The first-order valence-corrected chi connectivity index (χ1v) is 8.03. The van der Waals surface area contributed by atoms with Gasteiger partial charge in [-0.05, 0) is 31.2 Å². The van der Waals surface area contributed by atoms with Gasteiger partial charge < -0.3 is 4.90 Å². The molecule has 1 amide bonds. The Morgan fingerprint density at radius 3 is 2.77 bits per heavy atom. The molecule has 0 radical (unpaired) electrons. The molecule has 0 spiro atoms. The van der Waals surface area contributed by atoms with Crippen LogP contribution in [0.3, 0.4) is 0 Å². The summed E-state index contributed by atoms with van der Waals surface area (Å²) in [5.41, 5.74) is 2.17. The topological polar surface area (TPSA) is 38.1 Å². The Balaban J connectivity index is 1.74. The predicted octanol–water partition coefficient (Wildman–Crippen LogP) is 3.37. The Morgan fingerprint density at radius 2 is 2.05 bits per heavy atom. The fourth-order valence-corrected chi connectivity index (χ4v) is 3.10. The molecular weight excluding hydrogens is 274 g/mol. The van der Waals surface area contributed by atoms with Crippen molar-refractivity contribution in [2.45, 2.75) is 32.7 Å². The van der Waals surface area contributed by atoms with Gasteiger partial charge in [0.1, 0.15) is 6.04 Å². The fraction of sp³-hybridized carbons (Fsp3) is 0.444. The molecule has 1 saturated heterocycles. The van der Waals surface area contributed by atoms with E-state index in [4.69, 9.17) is 0 Å². The molecule has 0 aliphatic carbocycles. The maximum absolute atomic E-state index is 12.7. The van der Waals surface area contributed by atoms with Gasteiger partial charge in [-0.3, -0.25) is 9.48 Å². The average molecular weight is 297 g/mol. The number of hydrogen-bond donors (Lipinski definition) is 0. The van der Waals surface area contributed by atoms with Crippen LogP contribution < -0.4 is 0 Å². The smallest absolute Gasteiger partial charge is 0.247 e. The zero-order valence-corrected chi connectivity index (χ0v) is 13.3. The van der Waals surface area contributed by atoms with Gasteiger partial charge in [0, 0.05) is 24.8 Å².